The van der Waals surface area contributed by atoms with E-state index < -0.39 is 0 Å². The molecule has 173 valence electrons. The number of fused-ring (bicyclic) bond motifs is 1. The molecule has 4 nitrogen and oxygen atoms in total. The topological polar surface area (TPSA) is 43.6 Å². The molecular formula is C30H22IrN4-2. The molecule has 3 aromatic carbocycles. The fourth-order valence-corrected chi connectivity index (χ4v) is 3.76. The smallest absolute Gasteiger partial charge is 0.0986 e. The van der Waals surface area contributed by atoms with Gasteiger partial charge >= 0.3 is 0 Å². The summed E-state index contributed by atoms with van der Waals surface area (Å²) in [6.45, 7) is 1.99. The van der Waals surface area contributed by atoms with Crippen molar-refractivity contribution >= 4 is 11.0 Å². The third kappa shape index (κ3) is 5.43. The van der Waals surface area contributed by atoms with E-state index in [0.717, 1.165) is 45.1 Å². The van der Waals surface area contributed by atoms with Crippen LogP contribution in [0.2, 0.25) is 0 Å². The van der Waals surface area contributed by atoms with Crippen LogP contribution in [0.1, 0.15) is 5.69 Å². The van der Waals surface area contributed by atoms with Crippen molar-refractivity contribution < 1.29 is 20.1 Å². The van der Waals surface area contributed by atoms with Crippen LogP contribution in [0.3, 0.4) is 0 Å². The molecular weight excluding hydrogens is 609 g/mol. The standard InChI is InChI=1S/C19H14N3.C11H8N.Ir/c1-14-18-17(12-13-20-14)22(16-10-6-3-7-11-16)19(21-18)15-8-4-2-5-9-15;1-2-6-10(7-3-1)11-8-4-5-9-12-11;/h2-8,10-13H,1H3;1-6,8-9H;/q2*-1;. The number of benzene rings is 3. The van der Waals surface area contributed by atoms with E-state index in [1.54, 1.807) is 6.20 Å². The molecule has 0 aliphatic rings. The van der Waals surface area contributed by atoms with Crippen molar-refractivity contribution in [3.05, 3.63) is 133 Å². The SMILES string of the molecule is Cc1nccc2c1nc(-c1[c-]cccc1)n2-c1ccccc1.[Ir].[c-]1ccccc1-c1ccccn1. The molecule has 0 saturated carbocycles. The minimum atomic E-state index is 0. The number of aryl methyl sites for hydroxylation is 1. The van der Waals surface area contributed by atoms with Crippen molar-refractivity contribution in [2.75, 3.05) is 0 Å². The van der Waals surface area contributed by atoms with Crippen LogP contribution in [-0.2, 0) is 20.1 Å². The molecule has 0 unspecified atom stereocenters. The van der Waals surface area contributed by atoms with E-state index in [1.165, 1.54) is 0 Å². The Morgan fingerprint density at radius 3 is 2.00 bits per heavy atom. The summed E-state index contributed by atoms with van der Waals surface area (Å²) in [5, 5.41) is 0. The van der Waals surface area contributed by atoms with Gasteiger partial charge in [0.1, 0.15) is 0 Å². The number of para-hydroxylation sites is 1. The molecule has 3 heterocycles. The first-order chi connectivity index (χ1) is 16.8. The van der Waals surface area contributed by atoms with Gasteiger partial charge in [0.15, 0.2) is 0 Å². The zero-order chi connectivity index (χ0) is 23.2. The van der Waals surface area contributed by atoms with Gasteiger partial charge in [-0.15, -0.1) is 71.8 Å². The maximum absolute atomic E-state index is 4.83. The summed E-state index contributed by atoms with van der Waals surface area (Å²) in [6, 6.07) is 40.3. The number of rotatable bonds is 3. The van der Waals surface area contributed by atoms with E-state index in [2.05, 4.69) is 38.8 Å². The maximum Gasteiger partial charge on any atom is 0.0986 e. The summed E-state index contributed by atoms with van der Waals surface area (Å²) in [5.41, 5.74) is 7.00. The normalized spacial score (nSPS) is 10.2. The van der Waals surface area contributed by atoms with Crippen LogP contribution >= 0.6 is 0 Å². The molecule has 1 radical (unpaired) electrons. The first-order valence-electron chi connectivity index (χ1n) is 11.1. The monoisotopic (exact) mass is 631 g/mol. The average molecular weight is 631 g/mol. The van der Waals surface area contributed by atoms with Gasteiger partial charge in [-0.05, 0) is 36.9 Å². The summed E-state index contributed by atoms with van der Waals surface area (Å²) in [7, 11) is 0. The van der Waals surface area contributed by atoms with Crippen molar-refractivity contribution in [1.82, 2.24) is 19.5 Å². The molecule has 0 atom stereocenters. The molecule has 6 aromatic rings. The second-order valence-corrected chi connectivity index (χ2v) is 7.64. The quantitative estimate of drug-likeness (QED) is 0.204. The molecule has 5 heteroatoms. The number of hydrogen-bond donors (Lipinski definition) is 0. The van der Waals surface area contributed by atoms with Gasteiger partial charge in [0.25, 0.3) is 0 Å². The summed E-state index contributed by atoms with van der Waals surface area (Å²) in [5.74, 6) is 0.887. The summed E-state index contributed by atoms with van der Waals surface area (Å²) >= 11 is 0. The maximum atomic E-state index is 4.83. The van der Waals surface area contributed by atoms with Gasteiger partial charge in [-0.25, -0.2) is 0 Å². The predicted molar refractivity (Wildman–Crippen MR) is 136 cm³/mol. The zero-order valence-corrected chi connectivity index (χ0v) is 21.5. The number of hydrogen-bond acceptors (Lipinski definition) is 3. The molecule has 0 aliphatic carbocycles. The minimum Gasteiger partial charge on any atom is -0.333 e. The van der Waals surface area contributed by atoms with E-state index in [9.17, 15) is 0 Å². The molecule has 35 heavy (non-hydrogen) atoms. The fraction of sp³-hybridized carbons (Fsp3) is 0.0333. The molecule has 3 aromatic heterocycles. The van der Waals surface area contributed by atoms with Gasteiger partial charge < -0.3 is 9.55 Å². The molecule has 0 bridgehead atoms. The Labute approximate surface area is 218 Å². The Kier molecular flexibility index (Phi) is 7.94. The Balaban J connectivity index is 0.000000189. The van der Waals surface area contributed by atoms with Crippen molar-refractivity contribution in [1.29, 1.82) is 0 Å². The van der Waals surface area contributed by atoms with Gasteiger partial charge in [0, 0.05) is 38.2 Å². The Morgan fingerprint density at radius 1 is 0.657 bits per heavy atom. The Hall–Kier alpha value is -3.92. The number of aromatic nitrogens is 4. The van der Waals surface area contributed by atoms with Crippen LogP contribution in [0.25, 0.3) is 39.4 Å². The number of nitrogens with zero attached hydrogens (tertiary/aromatic N) is 4. The van der Waals surface area contributed by atoms with Crippen LogP contribution in [0, 0.1) is 19.1 Å². The molecule has 0 N–H and O–H groups in total. The summed E-state index contributed by atoms with van der Waals surface area (Å²) in [6.07, 6.45) is 3.62. The largest absolute Gasteiger partial charge is 0.333 e. The third-order valence-corrected chi connectivity index (χ3v) is 5.37. The Bertz CT molecular complexity index is 1450. The van der Waals surface area contributed by atoms with Crippen molar-refractivity contribution in [3.8, 4) is 28.3 Å². The fourth-order valence-electron chi connectivity index (χ4n) is 3.76. The Morgan fingerprint density at radius 2 is 1.34 bits per heavy atom. The first kappa shape index (κ1) is 24.2. The van der Waals surface area contributed by atoms with Gasteiger partial charge in [0.2, 0.25) is 0 Å². The van der Waals surface area contributed by atoms with Gasteiger partial charge in [-0.1, -0.05) is 30.3 Å². The predicted octanol–water partition coefficient (Wildman–Crippen LogP) is 6.74. The van der Waals surface area contributed by atoms with E-state index in [0.29, 0.717) is 0 Å². The van der Waals surface area contributed by atoms with E-state index in [1.807, 2.05) is 104 Å². The number of pyridine rings is 2. The van der Waals surface area contributed by atoms with E-state index >= 15 is 0 Å². The number of imidazole rings is 1. The molecule has 6 rings (SSSR count). The second kappa shape index (κ2) is 11.5. The van der Waals surface area contributed by atoms with Gasteiger partial charge in [-0.3, -0.25) is 9.97 Å². The van der Waals surface area contributed by atoms with E-state index in [-0.39, 0.29) is 20.1 Å². The molecule has 0 saturated heterocycles. The van der Waals surface area contributed by atoms with Crippen LogP contribution in [0.15, 0.2) is 116 Å². The average Bonchev–Trinajstić information content (AvgIpc) is 3.32. The van der Waals surface area contributed by atoms with Crippen molar-refractivity contribution in [2.45, 2.75) is 6.92 Å². The van der Waals surface area contributed by atoms with Crippen LogP contribution in [0.4, 0.5) is 0 Å². The third-order valence-electron chi connectivity index (χ3n) is 5.37. The van der Waals surface area contributed by atoms with Crippen LogP contribution < -0.4 is 0 Å². The minimum absolute atomic E-state index is 0. The van der Waals surface area contributed by atoms with Gasteiger partial charge in [0.05, 0.1) is 22.6 Å². The van der Waals surface area contributed by atoms with Crippen molar-refractivity contribution in [2.24, 2.45) is 0 Å². The zero-order valence-electron chi connectivity index (χ0n) is 19.1. The van der Waals surface area contributed by atoms with Gasteiger partial charge in [-0.2, -0.15) is 0 Å². The molecule has 0 amide bonds. The molecule has 0 fully saturated rings. The van der Waals surface area contributed by atoms with E-state index in [4.69, 9.17) is 4.98 Å². The van der Waals surface area contributed by atoms with Crippen LogP contribution in [0.5, 0.6) is 0 Å². The van der Waals surface area contributed by atoms with Crippen LogP contribution in [-0.4, -0.2) is 19.5 Å². The second-order valence-electron chi connectivity index (χ2n) is 7.64. The summed E-state index contributed by atoms with van der Waals surface area (Å²) < 4.78 is 2.16. The first-order valence-corrected chi connectivity index (χ1v) is 11.1. The molecule has 0 spiro atoms. The molecule has 0 aliphatic heterocycles. The summed E-state index contributed by atoms with van der Waals surface area (Å²) in [4.78, 5) is 13.4. The van der Waals surface area contributed by atoms with Crippen molar-refractivity contribution in [3.63, 3.8) is 0 Å².